The average Bonchev–Trinajstić information content (AvgIpc) is 2.93. The van der Waals surface area contributed by atoms with Gasteiger partial charge >= 0.3 is 5.97 Å². The molecule has 1 heterocycles. The number of aromatic nitrogens is 1. The van der Waals surface area contributed by atoms with Gasteiger partial charge in [-0.25, -0.2) is 9.78 Å². The number of nitrogens with one attached hydrogen (secondary N) is 1. The molecule has 2 N–H and O–H groups in total. The minimum atomic E-state index is -1.02. The van der Waals surface area contributed by atoms with Crippen LogP contribution in [0.4, 0.5) is 5.13 Å². The summed E-state index contributed by atoms with van der Waals surface area (Å²) in [4.78, 5) is 26.6. The van der Waals surface area contributed by atoms with Crippen molar-refractivity contribution in [2.24, 2.45) is 5.92 Å². The number of hydrogen-bond donors (Lipinski definition) is 2. The van der Waals surface area contributed by atoms with E-state index < -0.39 is 5.97 Å². The van der Waals surface area contributed by atoms with Gasteiger partial charge in [0.15, 0.2) is 11.7 Å². The maximum atomic E-state index is 11.7. The number of hydrogen-bond acceptors (Lipinski definition) is 5. The second kappa shape index (κ2) is 7.73. The molecule has 0 radical (unpaired) electrons. The van der Waals surface area contributed by atoms with Crippen molar-refractivity contribution in [3.8, 4) is 17.0 Å². The van der Waals surface area contributed by atoms with E-state index in [4.69, 9.17) is 9.84 Å². The molecule has 2 aromatic rings. The largest absolute Gasteiger partial charge is 0.482 e. The number of benzene rings is 1. The highest BCUT2D eigenvalue weighted by molar-refractivity contribution is 7.14. The fourth-order valence-electron chi connectivity index (χ4n) is 1.87. The van der Waals surface area contributed by atoms with Gasteiger partial charge in [0.2, 0.25) is 5.91 Å². The molecule has 7 heteroatoms. The smallest absolute Gasteiger partial charge is 0.341 e. The number of thiazole rings is 1. The van der Waals surface area contributed by atoms with E-state index in [0.717, 1.165) is 11.3 Å². The molecule has 2 rings (SSSR count). The second-order valence-corrected chi connectivity index (χ2v) is 6.25. The van der Waals surface area contributed by atoms with E-state index in [9.17, 15) is 9.59 Å². The number of anilines is 1. The number of carbonyl (C=O) groups excluding carboxylic acids is 1. The molecule has 0 saturated heterocycles. The van der Waals surface area contributed by atoms with Crippen LogP contribution >= 0.6 is 11.3 Å². The number of nitrogens with zero attached hydrogens (tertiary/aromatic N) is 1. The topological polar surface area (TPSA) is 88.5 Å². The lowest BCUT2D eigenvalue weighted by atomic mass is 10.1. The maximum absolute atomic E-state index is 11.7. The van der Waals surface area contributed by atoms with E-state index in [2.05, 4.69) is 10.3 Å². The molecule has 6 nitrogen and oxygen atoms in total. The highest BCUT2D eigenvalue weighted by Gasteiger charge is 2.09. The van der Waals surface area contributed by atoms with E-state index >= 15 is 0 Å². The van der Waals surface area contributed by atoms with Gasteiger partial charge in [-0.2, -0.15) is 0 Å². The summed E-state index contributed by atoms with van der Waals surface area (Å²) >= 11 is 1.37. The third-order valence-corrected chi connectivity index (χ3v) is 3.61. The second-order valence-electron chi connectivity index (χ2n) is 5.39. The highest BCUT2D eigenvalue weighted by Crippen LogP contribution is 2.26. The number of ether oxygens (including phenoxy) is 1. The van der Waals surface area contributed by atoms with Crippen LogP contribution in [0.25, 0.3) is 11.3 Å². The lowest BCUT2D eigenvalue weighted by molar-refractivity contribution is -0.139. The molecular formula is C16H18N2O4S. The van der Waals surface area contributed by atoms with Gasteiger partial charge in [0, 0.05) is 17.4 Å². The summed E-state index contributed by atoms with van der Waals surface area (Å²) in [5.74, 6) is -0.279. The van der Waals surface area contributed by atoms with Crippen LogP contribution < -0.4 is 10.1 Å². The monoisotopic (exact) mass is 334 g/mol. The SMILES string of the molecule is CC(C)CC(=O)Nc1nc(-c2ccc(OCC(=O)O)cc2)cs1. The number of rotatable bonds is 7. The first kappa shape index (κ1) is 17.0. The number of carboxylic acid groups (broad SMARTS) is 1. The molecule has 122 valence electrons. The molecule has 1 aromatic heterocycles. The Hall–Kier alpha value is -2.41. The van der Waals surface area contributed by atoms with Crippen LogP contribution in [0.3, 0.4) is 0 Å². The van der Waals surface area contributed by atoms with Gasteiger partial charge in [0.05, 0.1) is 5.69 Å². The Balaban J connectivity index is 1.99. The standard InChI is InChI=1S/C16H18N2O4S/c1-10(2)7-14(19)18-16-17-13(9-23-16)11-3-5-12(6-4-11)22-8-15(20)21/h3-6,9-10H,7-8H2,1-2H3,(H,20,21)(H,17,18,19). The molecule has 0 saturated carbocycles. The summed E-state index contributed by atoms with van der Waals surface area (Å²) in [6.45, 7) is 3.60. The fraction of sp³-hybridized carbons (Fsp3) is 0.312. The van der Waals surface area contributed by atoms with E-state index in [-0.39, 0.29) is 12.5 Å². The number of carbonyl (C=O) groups is 2. The first-order chi connectivity index (χ1) is 10.9. The number of aliphatic carboxylic acids is 1. The lowest BCUT2D eigenvalue weighted by Crippen LogP contribution is -2.13. The Labute approximate surface area is 138 Å². The van der Waals surface area contributed by atoms with E-state index in [1.165, 1.54) is 11.3 Å². The van der Waals surface area contributed by atoms with Crippen LogP contribution in [0.15, 0.2) is 29.6 Å². The predicted molar refractivity (Wildman–Crippen MR) is 88.8 cm³/mol. The van der Waals surface area contributed by atoms with Crippen LogP contribution in [0.5, 0.6) is 5.75 Å². The summed E-state index contributed by atoms with van der Waals surface area (Å²) in [5, 5.41) is 13.8. The molecule has 0 fully saturated rings. The number of carboxylic acids is 1. The molecule has 1 amide bonds. The van der Waals surface area contributed by atoms with Crippen LogP contribution in [-0.4, -0.2) is 28.6 Å². The number of amides is 1. The van der Waals surface area contributed by atoms with Crippen LogP contribution in [0, 0.1) is 5.92 Å². The summed E-state index contributed by atoms with van der Waals surface area (Å²) < 4.78 is 5.08. The first-order valence-corrected chi connectivity index (χ1v) is 8.02. The van der Waals surface area contributed by atoms with Crippen molar-refractivity contribution in [1.82, 2.24) is 4.98 Å². The van der Waals surface area contributed by atoms with Crippen molar-refractivity contribution in [2.45, 2.75) is 20.3 Å². The van der Waals surface area contributed by atoms with Crippen molar-refractivity contribution in [2.75, 3.05) is 11.9 Å². The minimum absolute atomic E-state index is 0.0432. The van der Waals surface area contributed by atoms with Crippen molar-refractivity contribution in [3.63, 3.8) is 0 Å². The molecule has 0 aliphatic carbocycles. The molecule has 0 atom stereocenters. The van der Waals surface area contributed by atoms with Crippen molar-refractivity contribution < 1.29 is 19.4 Å². The van der Waals surface area contributed by atoms with Gasteiger partial charge in [-0.3, -0.25) is 4.79 Å². The Morgan fingerprint density at radius 3 is 2.61 bits per heavy atom. The van der Waals surface area contributed by atoms with E-state index in [1.807, 2.05) is 19.2 Å². The molecular weight excluding hydrogens is 316 g/mol. The van der Waals surface area contributed by atoms with Crippen LogP contribution in [0.1, 0.15) is 20.3 Å². The Morgan fingerprint density at radius 2 is 2.00 bits per heavy atom. The van der Waals surface area contributed by atoms with Gasteiger partial charge in [0.1, 0.15) is 5.75 Å². The average molecular weight is 334 g/mol. The van der Waals surface area contributed by atoms with Crippen molar-refractivity contribution in [3.05, 3.63) is 29.6 Å². The first-order valence-electron chi connectivity index (χ1n) is 7.14. The Bertz CT molecular complexity index is 680. The van der Waals surface area contributed by atoms with Crippen LogP contribution in [-0.2, 0) is 9.59 Å². The third-order valence-electron chi connectivity index (χ3n) is 2.86. The molecule has 1 aromatic carbocycles. The van der Waals surface area contributed by atoms with Gasteiger partial charge in [-0.15, -0.1) is 11.3 Å². The van der Waals surface area contributed by atoms with Gasteiger partial charge in [-0.05, 0) is 30.2 Å². The van der Waals surface area contributed by atoms with E-state index in [1.54, 1.807) is 24.3 Å². The molecule has 23 heavy (non-hydrogen) atoms. The highest BCUT2D eigenvalue weighted by atomic mass is 32.1. The predicted octanol–water partition coefficient (Wildman–Crippen LogP) is 3.26. The lowest BCUT2D eigenvalue weighted by Gasteiger charge is -2.04. The minimum Gasteiger partial charge on any atom is -0.482 e. The molecule has 0 bridgehead atoms. The van der Waals surface area contributed by atoms with Gasteiger partial charge < -0.3 is 15.2 Å². The maximum Gasteiger partial charge on any atom is 0.341 e. The molecule has 0 aliphatic heterocycles. The van der Waals surface area contributed by atoms with Crippen LogP contribution in [0.2, 0.25) is 0 Å². The van der Waals surface area contributed by atoms with Crippen molar-refractivity contribution in [1.29, 1.82) is 0 Å². The summed E-state index contributed by atoms with van der Waals surface area (Å²) in [6.07, 6.45) is 0.463. The Morgan fingerprint density at radius 1 is 1.30 bits per heavy atom. The fourth-order valence-corrected chi connectivity index (χ4v) is 2.61. The van der Waals surface area contributed by atoms with Crippen molar-refractivity contribution >= 4 is 28.3 Å². The Kier molecular flexibility index (Phi) is 5.70. The molecule has 0 aliphatic rings. The zero-order valence-corrected chi connectivity index (χ0v) is 13.7. The summed E-state index contributed by atoms with van der Waals surface area (Å²) in [6, 6.07) is 6.97. The van der Waals surface area contributed by atoms with Gasteiger partial charge in [0.25, 0.3) is 0 Å². The normalized spacial score (nSPS) is 10.6. The molecule has 0 spiro atoms. The zero-order chi connectivity index (χ0) is 16.8. The summed E-state index contributed by atoms with van der Waals surface area (Å²) in [5.41, 5.74) is 1.62. The third kappa shape index (κ3) is 5.37. The summed E-state index contributed by atoms with van der Waals surface area (Å²) in [7, 11) is 0. The van der Waals surface area contributed by atoms with E-state index in [0.29, 0.717) is 23.2 Å². The molecule has 0 unspecified atom stereocenters. The quantitative estimate of drug-likeness (QED) is 0.811. The van der Waals surface area contributed by atoms with Gasteiger partial charge in [-0.1, -0.05) is 13.8 Å². The zero-order valence-electron chi connectivity index (χ0n) is 12.9.